The van der Waals surface area contributed by atoms with Gasteiger partial charge in [-0.3, -0.25) is 9.59 Å². The summed E-state index contributed by atoms with van der Waals surface area (Å²) in [5.74, 6) is -0.964. The van der Waals surface area contributed by atoms with Crippen molar-refractivity contribution in [3.8, 4) is 6.07 Å². The summed E-state index contributed by atoms with van der Waals surface area (Å²) in [7, 11) is 0. The summed E-state index contributed by atoms with van der Waals surface area (Å²) in [6, 6.07) is 7.98. The summed E-state index contributed by atoms with van der Waals surface area (Å²) in [4.78, 5) is 38.7. The van der Waals surface area contributed by atoms with Crippen molar-refractivity contribution in [2.24, 2.45) is 0 Å². The van der Waals surface area contributed by atoms with E-state index in [9.17, 15) is 19.6 Å². The maximum absolute atomic E-state index is 12.9. The molecular formula is C21H30N4O4. The van der Waals surface area contributed by atoms with Gasteiger partial charge in [0.25, 0.3) is 0 Å². The van der Waals surface area contributed by atoms with E-state index in [0.29, 0.717) is 5.56 Å². The lowest BCUT2D eigenvalue weighted by atomic mass is 10.0. The van der Waals surface area contributed by atoms with Gasteiger partial charge < -0.3 is 20.3 Å². The summed E-state index contributed by atoms with van der Waals surface area (Å²) in [6.45, 7) is 9.92. The van der Waals surface area contributed by atoms with E-state index in [1.165, 1.54) is 0 Å². The molecule has 0 heterocycles. The van der Waals surface area contributed by atoms with Crippen molar-refractivity contribution >= 4 is 17.9 Å². The lowest BCUT2D eigenvalue weighted by Crippen LogP contribution is -2.49. The van der Waals surface area contributed by atoms with Crippen LogP contribution < -0.4 is 10.6 Å². The molecule has 0 fully saturated rings. The van der Waals surface area contributed by atoms with Crippen LogP contribution in [0.1, 0.15) is 51.8 Å². The minimum absolute atomic E-state index is 0.145. The molecule has 0 bridgehead atoms. The maximum Gasteiger partial charge on any atom is 0.408 e. The number of hydrogen-bond donors (Lipinski definition) is 2. The number of nitrogens with one attached hydrogen (secondary N) is 2. The predicted molar refractivity (Wildman–Crippen MR) is 109 cm³/mol. The maximum atomic E-state index is 12.9. The van der Waals surface area contributed by atoms with Gasteiger partial charge >= 0.3 is 6.09 Å². The van der Waals surface area contributed by atoms with Gasteiger partial charge in [-0.2, -0.15) is 5.26 Å². The summed E-state index contributed by atoms with van der Waals surface area (Å²) in [6.07, 6.45) is -0.749. The third kappa shape index (κ3) is 8.21. The summed E-state index contributed by atoms with van der Waals surface area (Å²) in [5.41, 5.74) is 0.797. The van der Waals surface area contributed by atoms with Gasteiger partial charge in [0.15, 0.2) is 0 Å². The second-order valence-corrected chi connectivity index (χ2v) is 8.02. The van der Waals surface area contributed by atoms with Crippen LogP contribution in [-0.2, 0) is 14.3 Å². The number of nitrogens with zero attached hydrogens (tertiary/aromatic N) is 2. The fourth-order valence-corrected chi connectivity index (χ4v) is 2.64. The first kappa shape index (κ1) is 24.0. The average molecular weight is 402 g/mol. The van der Waals surface area contributed by atoms with Crippen molar-refractivity contribution in [3.63, 3.8) is 0 Å². The first-order chi connectivity index (χ1) is 13.4. The van der Waals surface area contributed by atoms with Gasteiger partial charge in [-0.1, -0.05) is 29.8 Å². The first-order valence-electron chi connectivity index (χ1n) is 9.45. The third-order valence-corrected chi connectivity index (χ3v) is 3.69. The van der Waals surface area contributed by atoms with E-state index in [1.807, 2.05) is 32.9 Å². The fourth-order valence-electron chi connectivity index (χ4n) is 2.64. The average Bonchev–Trinajstić information content (AvgIpc) is 2.57. The van der Waals surface area contributed by atoms with Crippen LogP contribution in [0.25, 0.3) is 0 Å². The second kappa shape index (κ2) is 10.5. The molecule has 0 radical (unpaired) electrons. The highest BCUT2D eigenvalue weighted by atomic mass is 16.6. The van der Waals surface area contributed by atoms with Gasteiger partial charge in [0.2, 0.25) is 11.8 Å². The zero-order valence-corrected chi connectivity index (χ0v) is 17.9. The van der Waals surface area contributed by atoms with Gasteiger partial charge in [0, 0.05) is 6.04 Å². The minimum Gasteiger partial charge on any atom is -0.444 e. The molecule has 1 rings (SSSR count). The van der Waals surface area contributed by atoms with Crippen LogP contribution in [0.2, 0.25) is 0 Å². The molecule has 0 saturated carbocycles. The number of nitriles is 1. The van der Waals surface area contributed by atoms with Crippen molar-refractivity contribution < 1.29 is 19.1 Å². The minimum atomic E-state index is -0.995. The van der Waals surface area contributed by atoms with Crippen LogP contribution >= 0.6 is 0 Å². The molecule has 1 unspecified atom stereocenters. The Morgan fingerprint density at radius 1 is 1.24 bits per heavy atom. The topological polar surface area (TPSA) is 112 Å². The standard InChI is InChI=1S/C21H30N4O4/c1-14(2)24-19(27)18(16-9-7-8-15(3)12-16)25(11-10-22)17(26)13-23-20(28)29-21(4,5)6/h7-9,12,14,18H,11,13H2,1-6H3,(H,23,28)(H,24,27). The number of carbonyl (C=O) groups is 3. The van der Waals surface area contributed by atoms with Crippen LogP contribution in [-0.4, -0.2) is 47.5 Å². The van der Waals surface area contributed by atoms with Crippen molar-refractivity contribution in [1.82, 2.24) is 15.5 Å². The van der Waals surface area contributed by atoms with Crippen LogP contribution in [0.15, 0.2) is 24.3 Å². The number of ether oxygens (including phenoxy) is 1. The monoisotopic (exact) mass is 402 g/mol. The molecular weight excluding hydrogens is 372 g/mol. The fraction of sp³-hybridized carbons (Fsp3) is 0.524. The second-order valence-electron chi connectivity index (χ2n) is 8.02. The number of rotatable bonds is 7. The van der Waals surface area contributed by atoms with Gasteiger partial charge in [-0.25, -0.2) is 4.79 Å². The van der Waals surface area contributed by atoms with Crippen LogP contribution in [0.3, 0.4) is 0 Å². The molecule has 0 aliphatic rings. The number of amides is 3. The van der Waals surface area contributed by atoms with Crippen molar-refractivity contribution in [2.45, 2.75) is 59.2 Å². The highest BCUT2D eigenvalue weighted by Gasteiger charge is 2.32. The van der Waals surface area contributed by atoms with Crippen LogP contribution in [0.4, 0.5) is 4.79 Å². The van der Waals surface area contributed by atoms with Crippen LogP contribution in [0, 0.1) is 18.3 Å². The highest BCUT2D eigenvalue weighted by Crippen LogP contribution is 2.22. The summed E-state index contributed by atoms with van der Waals surface area (Å²) < 4.78 is 5.12. The molecule has 0 saturated heterocycles. The van der Waals surface area contributed by atoms with E-state index in [4.69, 9.17) is 4.74 Å². The van der Waals surface area contributed by atoms with E-state index >= 15 is 0 Å². The van der Waals surface area contributed by atoms with Crippen LogP contribution in [0.5, 0.6) is 0 Å². The highest BCUT2D eigenvalue weighted by molar-refractivity contribution is 5.90. The molecule has 158 valence electrons. The van der Waals surface area contributed by atoms with Crippen molar-refractivity contribution in [3.05, 3.63) is 35.4 Å². The largest absolute Gasteiger partial charge is 0.444 e. The SMILES string of the molecule is Cc1cccc(C(C(=O)NC(C)C)N(CC#N)C(=O)CNC(=O)OC(C)(C)C)c1. The Morgan fingerprint density at radius 2 is 1.90 bits per heavy atom. The number of aryl methyl sites for hydroxylation is 1. The molecule has 8 heteroatoms. The van der Waals surface area contributed by atoms with Gasteiger partial charge in [0.1, 0.15) is 24.7 Å². The van der Waals surface area contributed by atoms with E-state index in [0.717, 1.165) is 10.5 Å². The Hall–Kier alpha value is -3.08. The van der Waals surface area contributed by atoms with Gasteiger partial charge in [-0.05, 0) is 47.1 Å². The molecule has 29 heavy (non-hydrogen) atoms. The van der Waals surface area contributed by atoms with Gasteiger partial charge in [-0.15, -0.1) is 0 Å². The Labute approximate surface area is 172 Å². The van der Waals surface area contributed by atoms with E-state index in [1.54, 1.807) is 39.0 Å². The smallest absolute Gasteiger partial charge is 0.408 e. The molecule has 1 aromatic carbocycles. The molecule has 3 amide bonds. The molecule has 0 spiro atoms. The molecule has 1 atom stereocenters. The lowest BCUT2D eigenvalue weighted by molar-refractivity contribution is -0.139. The quantitative estimate of drug-likeness (QED) is 0.681. The Bertz CT molecular complexity index is 778. The molecule has 2 N–H and O–H groups in total. The molecule has 0 aliphatic heterocycles. The number of benzene rings is 1. The Morgan fingerprint density at radius 3 is 2.41 bits per heavy atom. The Balaban J connectivity index is 3.12. The third-order valence-electron chi connectivity index (χ3n) is 3.69. The Kier molecular flexibility index (Phi) is 8.64. The molecule has 1 aromatic rings. The molecule has 0 aromatic heterocycles. The van der Waals surface area contributed by atoms with E-state index in [-0.39, 0.29) is 12.6 Å². The zero-order valence-electron chi connectivity index (χ0n) is 17.9. The number of alkyl carbamates (subject to hydrolysis) is 1. The van der Waals surface area contributed by atoms with E-state index in [2.05, 4.69) is 10.6 Å². The van der Waals surface area contributed by atoms with E-state index < -0.39 is 36.1 Å². The first-order valence-corrected chi connectivity index (χ1v) is 9.45. The molecule has 0 aliphatic carbocycles. The van der Waals surface area contributed by atoms with Crippen molar-refractivity contribution in [2.75, 3.05) is 13.1 Å². The number of carbonyl (C=O) groups excluding carboxylic acids is 3. The zero-order chi connectivity index (χ0) is 22.2. The summed E-state index contributed by atoms with van der Waals surface area (Å²) >= 11 is 0. The van der Waals surface area contributed by atoms with Gasteiger partial charge in [0.05, 0.1) is 6.07 Å². The summed E-state index contributed by atoms with van der Waals surface area (Å²) in [5, 5.41) is 14.4. The number of hydrogen-bond acceptors (Lipinski definition) is 5. The normalized spacial score (nSPS) is 11.9. The lowest BCUT2D eigenvalue weighted by Gasteiger charge is -2.30. The molecule has 8 nitrogen and oxygen atoms in total. The predicted octanol–water partition coefficient (Wildman–Crippen LogP) is 2.44. The van der Waals surface area contributed by atoms with Crippen molar-refractivity contribution in [1.29, 1.82) is 5.26 Å².